The molecule has 1 heterocycles. The molecule has 1 aromatic rings. The third-order valence-electron chi connectivity index (χ3n) is 3.70. The van der Waals surface area contributed by atoms with E-state index in [1.54, 1.807) is 31.2 Å². The van der Waals surface area contributed by atoms with E-state index in [9.17, 15) is 19.2 Å². The number of nitrogens with one attached hydrogen (secondary N) is 1. The molecule has 0 radical (unpaired) electrons. The van der Waals surface area contributed by atoms with Gasteiger partial charge in [0.25, 0.3) is 5.91 Å². The Kier molecular flexibility index (Phi) is 6.54. The number of anilines is 1. The first kappa shape index (κ1) is 19.2. The Morgan fingerprint density at radius 2 is 1.96 bits per heavy atom. The van der Waals surface area contributed by atoms with Gasteiger partial charge in [-0.2, -0.15) is 0 Å². The van der Waals surface area contributed by atoms with Crippen LogP contribution < -0.4 is 15.0 Å². The van der Waals surface area contributed by atoms with Crippen LogP contribution in [0.15, 0.2) is 24.3 Å². The van der Waals surface area contributed by atoms with Crippen molar-refractivity contribution >= 4 is 29.6 Å². The second-order valence-electron chi connectivity index (χ2n) is 5.45. The Morgan fingerprint density at radius 1 is 1.23 bits per heavy atom. The fourth-order valence-electron chi connectivity index (χ4n) is 2.52. The lowest BCUT2D eigenvalue weighted by molar-refractivity contribution is -0.152. The molecule has 3 amide bonds. The van der Waals surface area contributed by atoms with Crippen molar-refractivity contribution in [1.29, 1.82) is 0 Å². The largest absolute Gasteiger partial charge is 0.495 e. The van der Waals surface area contributed by atoms with E-state index in [0.717, 1.165) is 0 Å². The number of hydrogen-bond acceptors (Lipinski definition) is 7. The van der Waals surface area contributed by atoms with Crippen LogP contribution in [-0.2, 0) is 23.9 Å². The number of methoxy groups -OCH3 is 1. The summed E-state index contributed by atoms with van der Waals surface area (Å²) in [6.07, 6.45) is -0.942. The number of carbonyl (C=O) groups excluding carboxylic acids is 4. The van der Waals surface area contributed by atoms with Gasteiger partial charge >= 0.3 is 12.1 Å². The standard InChI is InChI=1S/C17H20N2O7/c1-3-25-17(23)18-14(20)10-26-16(22)11-8-15(21)19(9-11)12-6-4-5-7-13(12)24-2/h4-7,11H,3,8-10H2,1-2H3,(H,18,20,23)/t11-/m1/s1. The highest BCUT2D eigenvalue weighted by molar-refractivity contribution is 6.01. The SMILES string of the molecule is CCOC(=O)NC(=O)COC(=O)[C@@H]1CC(=O)N(c2ccccc2OC)C1. The lowest BCUT2D eigenvalue weighted by Gasteiger charge is -2.19. The molecule has 1 fully saturated rings. The predicted molar refractivity (Wildman–Crippen MR) is 89.6 cm³/mol. The first-order valence-corrected chi connectivity index (χ1v) is 8.02. The second kappa shape index (κ2) is 8.84. The van der Waals surface area contributed by atoms with Crippen LogP contribution in [0.5, 0.6) is 5.75 Å². The molecule has 0 unspecified atom stereocenters. The van der Waals surface area contributed by atoms with Crippen molar-refractivity contribution < 1.29 is 33.4 Å². The van der Waals surface area contributed by atoms with Crippen LogP contribution >= 0.6 is 0 Å². The quantitative estimate of drug-likeness (QED) is 0.745. The Hall–Kier alpha value is -3.10. The van der Waals surface area contributed by atoms with E-state index in [2.05, 4.69) is 4.74 Å². The highest BCUT2D eigenvalue weighted by Gasteiger charge is 2.37. The molecule has 9 nitrogen and oxygen atoms in total. The number of para-hydroxylation sites is 2. The van der Waals surface area contributed by atoms with Crippen LogP contribution in [-0.4, -0.2) is 50.7 Å². The molecule has 1 aromatic carbocycles. The zero-order valence-corrected chi connectivity index (χ0v) is 14.5. The highest BCUT2D eigenvalue weighted by Crippen LogP contribution is 2.32. The van der Waals surface area contributed by atoms with E-state index in [-0.39, 0.29) is 25.5 Å². The molecular weight excluding hydrogens is 344 g/mol. The number of rotatable bonds is 6. The zero-order valence-electron chi connectivity index (χ0n) is 14.5. The molecule has 0 saturated carbocycles. The second-order valence-corrected chi connectivity index (χ2v) is 5.45. The summed E-state index contributed by atoms with van der Waals surface area (Å²) >= 11 is 0. The van der Waals surface area contributed by atoms with Crippen molar-refractivity contribution in [3.05, 3.63) is 24.3 Å². The van der Waals surface area contributed by atoms with E-state index in [4.69, 9.17) is 9.47 Å². The summed E-state index contributed by atoms with van der Waals surface area (Å²) in [7, 11) is 1.49. The predicted octanol–water partition coefficient (Wildman–Crippen LogP) is 0.864. The van der Waals surface area contributed by atoms with E-state index < -0.39 is 30.5 Å². The van der Waals surface area contributed by atoms with E-state index in [0.29, 0.717) is 11.4 Å². The van der Waals surface area contributed by atoms with E-state index in [1.807, 2.05) is 5.32 Å². The summed E-state index contributed by atoms with van der Waals surface area (Å²) in [6, 6.07) is 6.97. The monoisotopic (exact) mass is 364 g/mol. The molecule has 1 saturated heterocycles. The van der Waals surface area contributed by atoms with Gasteiger partial charge in [0.15, 0.2) is 6.61 Å². The van der Waals surface area contributed by atoms with Gasteiger partial charge in [-0.05, 0) is 19.1 Å². The average Bonchev–Trinajstić information content (AvgIpc) is 3.01. The van der Waals surface area contributed by atoms with E-state index in [1.165, 1.54) is 12.0 Å². The van der Waals surface area contributed by atoms with Crippen molar-refractivity contribution in [3.63, 3.8) is 0 Å². The van der Waals surface area contributed by atoms with Gasteiger partial charge in [0, 0.05) is 13.0 Å². The van der Waals surface area contributed by atoms with Crippen LogP contribution in [0.3, 0.4) is 0 Å². The summed E-state index contributed by atoms with van der Waals surface area (Å²) in [6.45, 7) is 1.20. The van der Waals surface area contributed by atoms with Gasteiger partial charge in [0.1, 0.15) is 5.75 Å². The van der Waals surface area contributed by atoms with Gasteiger partial charge in [-0.3, -0.25) is 19.7 Å². The molecular formula is C17H20N2O7. The summed E-state index contributed by atoms with van der Waals surface area (Å²) < 4.78 is 14.7. The average molecular weight is 364 g/mol. The fraction of sp³-hybridized carbons (Fsp3) is 0.412. The molecule has 0 bridgehead atoms. The van der Waals surface area contributed by atoms with Gasteiger partial charge in [-0.15, -0.1) is 0 Å². The number of hydrogen-bond donors (Lipinski definition) is 1. The van der Waals surface area contributed by atoms with Crippen LogP contribution in [0.4, 0.5) is 10.5 Å². The van der Waals surface area contributed by atoms with Crippen molar-refractivity contribution in [2.45, 2.75) is 13.3 Å². The Bertz CT molecular complexity index is 704. The number of imide groups is 1. The summed E-state index contributed by atoms with van der Waals surface area (Å²) in [5.41, 5.74) is 0.565. The number of carbonyl (C=O) groups is 4. The minimum absolute atomic E-state index is 0.0314. The van der Waals surface area contributed by atoms with Crippen LogP contribution in [0.25, 0.3) is 0 Å². The fourth-order valence-corrected chi connectivity index (χ4v) is 2.52. The van der Waals surface area contributed by atoms with Gasteiger partial charge < -0.3 is 19.1 Å². The lowest BCUT2D eigenvalue weighted by atomic mass is 10.1. The molecule has 2 rings (SSSR count). The first-order chi connectivity index (χ1) is 12.5. The van der Waals surface area contributed by atoms with Gasteiger partial charge in [-0.1, -0.05) is 12.1 Å². The Morgan fingerprint density at radius 3 is 2.65 bits per heavy atom. The molecule has 0 spiro atoms. The smallest absolute Gasteiger partial charge is 0.413 e. The number of ether oxygens (including phenoxy) is 3. The summed E-state index contributed by atoms with van der Waals surface area (Å²) in [5, 5.41) is 1.91. The third-order valence-corrected chi connectivity index (χ3v) is 3.70. The van der Waals surface area contributed by atoms with E-state index >= 15 is 0 Å². The maximum absolute atomic E-state index is 12.2. The molecule has 1 aliphatic rings. The molecule has 0 aromatic heterocycles. The third kappa shape index (κ3) is 4.71. The molecule has 1 N–H and O–H groups in total. The highest BCUT2D eigenvalue weighted by atomic mass is 16.6. The number of esters is 1. The topological polar surface area (TPSA) is 111 Å². The minimum Gasteiger partial charge on any atom is -0.495 e. The van der Waals surface area contributed by atoms with Crippen molar-refractivity contribution in [1.82, 2.24) is 5.32 Å². The minimum atomic E-state index is -0.910. The molecule has 1 aliphatic heterocycles. The van der Waals surface area contributed by atoms with Crippen LogP contribution in [0.1, 0.15) is 13.3 Å². The molecule has 9 heteroatoms. The maximum atomic E-state index is 12.2. The maximum Gasteiger partial charge on any atom is 0.413 e. The summed E-state index contributed by atoms with van der Waals surface area (Å²) in [4.78, 5) is 48.4. The van der Waals surface area contributed by atoms with Crippen molar-refractivity contribution in [3.8, 4) is 5.75 Å². The summed E-state index contributed by atoms with van der Waals surface area (Å²) in [5.74, 6) is -1.92. The van der Waals surface area contributed by atoms with Crippen LogP contribution in [0, 0.1) is 5.92 Å². The van der Waals surface area contributed by atoms with Crippen molar-refractivity contribution in [2.75, 3.05) is 31.8 Å². The molecule has 26 heavy (non-hydrogen) atoms. The number of benzene rings is 1. The normalized spacial score (nSPS) is 16.2. The zero-order chi connectivity index (χ0) is 19.1. The Labute approximate surface area is 150 Å². The lowest BCUT2D eigenvalue weighted by Crippen LogP contribution is -2.35. The number of nitrogens with zero attached hydrogens (tertiary/aromatic N) is 1. The Balaban J connectivity index is 1.90. The van der Waals surface area contributed by atoms with Gasteiger partial charge in [-0.25, -0.2) is 4.79 Å². The van der Waals surface area contributed by atoms with Crippen LogP contribution in [0.2, 0.25) is 0 Å². The van der Waals surface area contributed by atoms with Gasteiger partial charge in [0.05, 0.1) is 25.3 Å². The number of amides is 3. The first-order valence-electron chi connectivity index (χ1n) is 8.02. The molecule has 1 atom stereocenters. The molecule has 0 aliphatic carbocycles. The molecule has 140 valence electrons. The van der Waals surface area contributed by atoms with Crippen molar-refractivity contribution in [2.24, 2.45) is 5.92 Å². The van der Waals surface area contributed by atoms with Gasteiger partial charge in [0.2, 0.25) is 5.91 Å². The number of alkyl carbamates (subject to hydrolysis) is 1.